The molecule has 0 radical (unpaired) electrons. The van der Waals surface area contributed by atoms with E-state index in [4.69, 9.17) is 0 Å². The van der Waals surface area contributed by atoms with Crippen molar-refractivity contribution in [2.24, 2.45) is 5.92 Å². The molecule has 1 atom stereocenters. The van der Waals surface area contributed by atoms with Crippen LogP contribution in [-0.4, -0.2) is 0 Å². The summed E-state index contributed by atoms with van der Waals surface area (Å²) in [5, 5.41) is 0. The predicted octanol–water partition coefficient (Wildman–Crippen LogP) is 4.59. The van der Waals surface area contributed by atoms with Crippen molar-refractivity contribution in [1.82, 2.24) is 0 Å². The number of aryl methyl sites for hydroxylation is 1. The molecule has 0 spiro atoms. The summed E-state index contributed by atoms with van der Waals surface area (Å²) < 4.78 is 1.27. The third kappa shape index (κ3) is 1.75. The lowest BCUT2D eigenvalue weighted by atomic mass is 9.78. The number of fused-ring (bicyclic) bond motifs is 1. The largest absolute Gasteiger partial charge is 0.0508 e. The van der Waals surface area contributed by atoms with Crippen molar-refractivity contribution >= 4 is 15.9 Å². The van der Waals surface area contributed by atoms with Crippen LogP contribution in [-0.2, 0) is 6.42 Å². The molecular weight excluding hydrogens is 248 g/mol. The normalized spacial score (nSPS) is 25.1. The lowest BCUT2D eigenvalue weighted by Crippen LogP contribution is -2.12. The molecule has 0 heterocycles. The Morgan fingerprint density at radius 1 is 1.20 bits per heavy atom. The molecule has 0 aromatic heterocycles. The van der Waals surface area contributed by atoms with E-state index in [9.17, 15) is 0 Å². The Hall–Kier alpha value is -0.300. The summed E-state index contributed by atoms with van der Waals surface area (Å²) in [7, 11) is 0. The number of halogens is 1. The first-order valence-electron chi connectivity index (χ1n) is 6.04. The minimum absolute atomic E-state index is 0.880. The predicted molar refractivity (Wildman–Crippen MR) is 67.3 cm³/mol. The Morgan fingerprint density at radius 3 is 2.73 bits per heavy atom. The summed E-state index contributed by atoms with van der Waals surface area (Å²) in [5.74, 6) is 1.89. The number of hydrogen-bond acceptors (Lipinski definition) is 0. The molecule has 0 amide bonds. The van der Waals surface area contributed by atoms with Gasteiger partial charge in [-0.25, -0.2) is 0 Å². The van der Waals surface area contributed by atoms with Gasteiger partial charge in [-0.3, -0.25) is 0 Å². The van der Waals surface area contributed by atoms with Gasteiger partial charge in [0.1, 0.15) is 0 Å². The maximum atomic E-state index is 3.64. The Kier molecular flexibility index (Phi) is 2.39. The molecule has 0 nitrogen and oxygen atoms in total. The van der Waals surface area contributed by atoms with E-state index in [0.29, 0.717) is 0 Å². The van der Waals surface area contributed by atoms with Crippen molar-refractivity contribution < 1.29 is 0 Å². The quantitative estimate of drug-likeness (QED) is 0.696. The van der Waals surface area contributed by atoms with Gasteiger partial charge in [0, 0.05) is 4.47 Å². The Balaban J connectivity index is 2.08. The topological polar surface area (TPSA) is 0 Å². The molecule has 1 fully saturated rings. The highest BCUT2D eigenvalue weighted by molar-refractivity contribution is 9.10. The first kappa shape index (κ1) is 9.89. The fourth-order valence-electron chi connectivity index (χ4n) is 3.11. The van der Waals surface area contributed by atoms with Crippen molar-refractivity contribution in [2.75, 3.05) is 0 Å². The maximum absolute atomic E-state index is 3.64. The van der Waals surface area contributed by atoms with E-state index in [-0.39, 0.29) is 0 Å². The zero-order valence-electron chi connectivity index (χ0n) is 9.22. The highest BCUT2D eigenvalue weighted by Crippen LogP contribution is 2.49. The van der Waals surface area contributed by atoms with E-state index < -0.39 is 0 Å². The van der Waals surface area contributed by atoms with Gasteiger partial charge < -0.3 is 0 Å². The van der Waals surface area contributed by atoms with Crippen molar-refractivity contribution in [1.29, 1.82) is 0 Å². The number of rotatable bonds is 1. The maximum Gasteiger partial charge on any atom is 0.0180 e. The highest BCUT2D eigenvalue weighted by Gasteiger charge is 2.35. The van der Waals surface area contributed by atoms with Crippen LogP contribution in [0, 0.1) is 12.8 Å². The van der Waals surface area contributed by atoms with Crippen molar-refractivity contribution in [3.63, 3.8) is 0 Å². The van der Waals surface area contributed by atoms with Gasteiger partial charge in [-0.2, -0.15) is 0 Å². The lowest BCUT2D eigenvalue weighted by molar-refractivity contribution is 0.502. The standard InChI is InChI=1S/C14H17Br/c1-9-7-11(15)8-14-12(9)3-2-4-13(14)10-5-6-10/h7-8,10,13H,2-6H2,1H3. The summed E-state index contributed by atoms with van der Waals surface area (Å²) in [6.45, 7) is 2.26. The molecule has 15 heavy (non-hydrogen) atoms. The average molecular weight is 265 g/mol. The average Bonchev–Trinajstić information content (AvgIpc) is 3.00. The van der Waals surface area contributed by atoms with Gasteiger partial charge in [0.15, 0.2) is 0 Å². The smallest absolute Gasteiger partial charge is 0.0180 e. The molecular formula is C14H17Br. The summed E-state index contributed by atoms with van der Waals surface area (Å²) >= 11 is 3.64. The first-order chi connectivity index (χ1) is 7.25. The van der Waals surface area contributed by atoms with Gasteiger partial charge in [-0.05, 0) is 79.7 Å². The summed E-state index contributed by atoms with van der Waals surface area (Å²) in [6, 6.07) is 4.65. The minimum atomic E-state index is 0.880. The molecule has 1 unspecified atom stereocenters. The van der Waals surface area contributed by atoms with Crippen LogP contribution in [0.1, 0.15) is 48.3 Å². The van der Waals surface area contributed by atoms with E-state index in [1.165, 1.54) is 42.1 Å². The van der Waals surface area contributed by atoms with Crippen molar-refractivity contribution in [2.45, 2.75) is 44.9 Å². The summed E-state index contributed by atoms with van der Waals surface area (Å²) in [4.78, 5) is 0. The first-order valence-corrected chi connectivity index (χ1v) is 6.84. The van der Waals surface area contributed by atoms with Crippen LogP contribution in [0.4, 0.5) is 0 Å². The lowest BCUT2D eigenvalue weighted by Gasteiger charge is -2.27. The van der Waals surface area contributed by atoms with E-state index in [2.05, 4.69) is 35.0 Å². The van der Waals surface area contributed by atoms with Crippen LogP contribution in [0.5, 0.6) is 0 Å². The fourth-order valence-corrected chi connectivity index (χ4v) is 3.70. The van der Waals surface area contributed by atoms with Gasteiger partial charge in [-0.1, -0.05) is 15.9 Å². The number of benzene rings is 1. The van der Waals surface area contributed by atoms with Crippen LogP contribution in [0.25, 0.3) is 0 Å². The zero-order valence-corrected chi connectivity index (χ0v) is 10.8. The number of hydrogen-bond donors (Lipinski definition) is 0. The molecule has 1 heteroatoms. The monoisotopic (exact) mass is 264 g/mol. The molecule has 2 aliphatic rings. The van der Waals surface area contributed by atoms with Crippen molar-refractivity contribution in [3.05, 3.63) is 33.3 Å². The van der Waals surface area contributed by atoms with Crippen LogP contribution in [0.15, 0.2) is 16.6 Å². The van der Waals surface area contributed by atoms with Gasteiger partial charge >= 0.3 is 0 Å². The third-order valence-corrected chi connectivity index (χ3v) is 4.46. The molecule has 80 valence electrons. The Labute approximate surface area is 100 Å². The zero-order chi connectivity index (χ0) is 10.4. The second kappa shape index (κ2) is 3.62. The van der Waals surface area contributed by atoms with E-state index in [1.54, 1.807) is 11.1 Å². The molecule has 0 saturated heterocycles. The molecule has 0 aliphatic heterocycles. The van der Waals surface area contributed by atoms with Crippen LogP contribution >= 0.6 is 15.9 Å². The van der Waals surface area contributed by atoms with Gasteiger partial charge in [0.2, 0.25) is 0 Å². The van der Waals surface area contributed by atoms with E-state index in [1.807, 2.05) is 0 Å². The molecule has 1 saturated carbocycles. The minimum Gasteiger partial charge on any atom is -0.0508 e. The summed E-state index contributed by atoms with van der Waals surface area (Å²) in [5.41, 5.74) is 4.81. The Bertz CT molecular complexity index is 391. The summed E-state index contributed by atoms with van der Waals surface area (Å²) in [6.07, 6.45) is 7.06. The van der Waals surface area contributed by atoms with Gasteiger partial charge in [0.05, 0.1) is 0 Å². The van der Waals surface area contributed by atoms with E-state index >= 15 is 0 Å². The SMILES string of the molecule is Cc1cc(Br)cc2c1CCCC2C1CC1. The molecule has 0 bridgehead atoms. The second-order valence-corrected chi connectivity index (χ2v) is 6.04. The van der Waals surface area contributed by atoms with Crippen LogP contribution in [0.2, 0.25) is 0 Å². The van der Waals surface area contributed by atoms with Gasteiger partial charge in [-0.15, -0.1) is 0 Å². The van der Waals surface area contributed by atoms with E-state index in [0.717, 1.165) is 11.8 Å². The van der Waals surface area contributed by atoms with Crippen LogP contribution < -0.4 is 0 Å². The highest BCUT2D eigenvalue weighted by atomic mass is 79.9. The second-order valence-electron chi connectivity index (χ2n) is 5.13. The molecule has 0 N–H and O–H groups in total. The molecule has 1 aromatic carbocycles. The molecule has 3 rings (SSSR count). The Morgan fingerprint density at radius 2 is 2.00 bits per heavy atom. The molecule has 1 aromatic rings. The van der Waals surface area contributed by atoms with Crippen molar-refractivity contribution in [3.8, 4) is 0 Å². The van der Waals surface area contributed by atoms with Gasteiger partial charge in [0.25, 0.3) is 0 Å². The third-order valence-electron chi connectivity index (χ3n) is 4.00. The fraction of sp³-hybridized carbons (Fsp3) is 0.571. The molecule has 2 aliphatic carbocycles. The van der Waals surface area contributed by atoms with Crippen LogP contribution in [0.3, 0.4) is 0 Å².